The second-order valence-corrected chi connectivity index (χ2v) is 5.34. The fourth-order valence-corrected chi connectivity index (χ4v) is 2.28. The SMILES string of the molecule is Cc1ccc(NC(=O)c2cc(C)n(-c3ccccc3)n2)cc1F. The van der Waals surface area contributed by atoms with Crippen LogP contribution in [-0.2, 0) is 0 Å². The Balaban J connectivity index is 1.84. The lowest BCUT2D eigenvalue weighted by molar-refractivity contribution is 0.102. The first-order valence-corrected chi connectivity index (χ1v) is 7.24. The molecule has 0 saturated heterocycles. The van der Waals surface area contributed by atoms with Crippen molar-refractivity contribution in [1.82, 2.24) is 9.78 Å². The lowest BCUT2D eigenvalue weighted by Crippen LogP contribution is -2.13. The number of anilines is 1. The number of aryl methyl sites for hydroxylation is 2. The van der Waals surface area contributed by atoms with E-state index in [4.69, 9.17) is 0 Å². The molecule has 0 aliphatic heterocycles. The van der Waals surface area contributed by atoms with E-state index >= 15 is 0 Å². The Morgan fingerprint density at radius 2 is 1.83 bits per heavy atom. The van der Waals surface area contributed by atoms with Crippen LogP contribution in [-0.4, -0.2) is 15.7 Å². The van der Waals surface area contributed by atoms with Crippen LogP contribution in [0.25, 0.3) is 5.69 Å². The van der Waals surface area contributed by atoms with E-state index in [0.29, 0.717) is 11.3 Å². The minimum atomic E-state index is -0.369. The number of rotatable bonds is 3. The molecule has 1 amide bonds. The van der Waals surface area contributed by atoms with Crippen LogP contribution in [0.3, 0.4) is 0 Å². The summed E-state index contributed by atoms with van der Waals surface area (Å²) in [6.45, 7) is 3.55. The van der Waals surface area contributed by atoms with Crippen molar-refractivity contribution in [1.29, 1.82) is 0 Å². The monoisotopic (exact) mass is 309 g/mol. The molecule has 23 heavy (non-hydrogen) atoms. The summed E-state index contributed by atoms with van der Waals surface area (Å²) in [5.74, 6) is -0.722. The minimum absolute atomic E-state index is 0.285. The molecule has 116 valence electrons. The number of nitrogens with zero attached hydrogens (tertiary/aromatic N) is 2. The molecule has 3 rings (SSSR count). The van der Waals surface area contributed by atoms with Gasteiger partial charge in [0.25, 0.3) is 5.91 Å². The van der Waals surface area contributed by atoms with Gasteiger partial charge in [-0.2, -0.15) is 5.10 Å². The van der Waals surface area contributed by atoms with Gasteiger partial charge in [-0.1, -0.05) is 24.3 Å². The van der Waals surface area contributed by atoms with Gasteiger partial charge in [0.2, 0.25) is 0 Å². The third kappa shape index (κ3) is 3.13. The molecular formula is C18H16FN3O. The van der Waals surface area contributed by atoms with Crippen molar-refractivity contribution in [3.8, 4) is 5.69 Å². The largest absolute Gasteiger partial charge is 0.320 e. The molecule has 0 saturated carbocycles. The molecule has 3 aromatic rings. The van der Waals surface area contributed by atoms with E-state index in [1.807, 2.05) is 37.3 Å². The predicted molar refractivity (Wildman–Crippen MR) is 87.4 cm³/mol. The zero-order valence-corrected chi connectivity index (χ0v) is 12.9. The Hall–Kier alpha value is -2.95. The Morgan fingerprint density at radius 3 is 2.52 bits per heavy atom. The lowest BCUT2D eigenvalue weighted by Gasteiger charge is -2.05. The van der Waals surface area contributed by atoms with E-state index in [2.05, 4.69) is 10.4 Å². The van der Waals surface area contributed by atoms with Crippen molar-refractivity contribution in [3.05, 3.63) is 77.4 Å². The standard InChI is InChI=1S/C18H16FN3O/c1-12-8-9-14(11-16(12)19)20-18(23)17-10-13(2)22(21-17)15-6-4-3-5-7-15/h3-11H,1-2H3,(H,20,23). The number of para-hydroxylation sites is 1. The van der Waals surface area contributed by atoms with Crippen LogP contribution >= 0.6 is 0 Å². The van der Waals surface area contributed by atoms with Crippen molar-refractivity contribution in [2.75, 3.05) is 5.32 Å². The highest BCUT2D eigenvalue weighted by atomic mass is 19.1. The van der Waals surface area contributed by atoms with E-state index in [0.717, 1.165) is 11.4 Å². The Bertz CT molecular complexity index is 856. The number of hydrogen-bond acceptors (Lipinski definition) is 2. The van der Waals surface area contributed by atoms with Gasteiger partial charge in [0.05, 0.1) is 5.69 Å². The second kappa shape index (κ2) is 6.04. The highest BCUT2D eigenvalue weighted by molar-refractivity contribution is 6.03. The summed E-state index contributed by atoms with van der Waals surface area (Å²) in [5, 5.41) is 6.99. The molecule has 2 aromatic carbocycles. The number of amides is 1. The summed E-state index contributed by atoms with van der Waals surface area (Å²) in [6.07, 6.45) is 0. The van der Waals surface area contributed by atoms with Gasteiger partial charge in [-0.05, 0) is 49.7 Å². The van der Waals surface area contributed by atoms with Crippen LogP contribution in [0.5, 0.6) is 0 Å². The first kappa shape index (κ1) is 15.0. The van der Waals surface area contributed by atoms with Crippen LogP contribution in [0, 0.1) is 19.7 Å². The highest BCUT2D eigenvalue weighted by Crippen LogP contribution is 2.16. The zero-order valence-electron chi connectivity index (χ0n) is 12.9. The van der Waals surface area contributed by atoms with E-state index in [1.54, 1.807) is 29.8 Å². The Morgan fingerprint density at radius 1 is 1.09 bits per heavy atom. The number of carbonyl (C=O) groups excluding carboxylic acids is 1. The van der Waals surface area contributed by atoms with Gasteiger partial charge < -0.3 is 5.32 Å². The maximum atomic E-state index is 13.6. The van der Waals surface area contributed by atoms with Crippen LogP contribution < -0.4 is 5.32 Å². The number of carbonyl (C=O) groups is 1. The summed E-state index contributed by atoms with van der Waals surface area (Å²) < 4.78 is 15.2. The molecule has 0 unspecified atom stereocenters. The molecule has 1 heterocycles. The number of aromatic nitrogens is 2. The van der Waals surface area contributed by atoms with Crippen molar-refractivity contribution in [2.24, 2.45) is 0 Å². The summed E-state index contributed by atoms with van der Waals surface area (Å²) >= 11 is 0. The van der Waals surface area contributed by atoms with Gasteiger partial charge in [0.1, 0.15) is 5.82 Å². The molecular weight excluding hydrogens is 293 g/mol. The summed E-state index contributed by atoms with van der Waals surface area (Å²) in [7, 11) is 0. The van der Waals surface area contributed by atoms with Gasteiger partial charge in [-0.25, -0.2) is 9.07 Å². The van der Waals surface area contributed by atoms with Gasteiger partial charge >= 0.3 is 0 Å². The van der Waals surface area contributed by atoms with Crippen LogP contribution in [0.15, 0.2) is 54.6 Å². The Kier molecular flexibility index (Phi) is 3.93. The first-order chi connectivity index (χ1) is 11.0. The highest BCUT2D eigenvalue weighted by Gasteiger charge is 2.14. The molecule has 0 aliphatic rings. The summed E-state index contributed by atoms with van der Waals surface area (Å²) in [4.78, 5) is 12.3. The molecule has 5 heteroatoms. The summed E-state index contributed by atoms with van der Waals surface area (Å²) in [6, 6.07) is 15.9. The summed E-state index contributed by atoms with van der Waals surface area (Å²) in [5.41, 5.74) is 2.95. The van der Waals surface area contributed by atoms with Crippen molar-refractivity contribution < 1.29 is 9.18 Å². The van der Waals surface area contributed by atoms with Crippen LogP contribution in [0.1, 0.15) is 21.7 Å². The number of hydrogen-bond donors (Lipinski definition) is 1. The molecule has 0 aliphatic carbocycles. The number of benzene rings is 2. The molecule has 0 bridgehead atoms. The normalized spacial score (nSPS) is 10.6. The fourth-order valence-electron chi connectivity index (χ4n) is 2.28. The molecule has 1 aromatic heterocycles. The first-order valence-electron chi connectivity index (χ1n) is 7.24. The molecule has 0 radical (unpaired) electrons. The zero-order chi connectivity index (χ0) is 16.4. The van der Waals surface area contributed by atoms with Crippen molar-refractivity contribution in [3.63, 3.8) is 0 Å². The van der Waals surface area contributed by atoms with Gasteiger partial charge in [-0.15, -0.1) is 0 Å². The van der Waals surface area contributed by atoms with E-state index < -0.39 is 0 Å². The van der Waals surface area contributed by atoms with Crippen LogP contribution in [0.2, 0.25) is 0 Å². The second-order valence-electron chi connectivity index (χ2n) is 5.34. The molecule has 0 spiro atoms. The van der Waals surface area contributed by atoms with Crippen LogP contribution in [0.4, 0.5) is 10.1 Å². The number of halogens is 1. The van der Waals surface area contributed by atoms with Crippen molar-refractivity contribution in [2.45, 2.75) is 13.8 Å². The topological polar surface area (TPSA) is 46.9 Å². The van der Waals surface area contributed by atoms with Gasteiger partial charge in [0.15, 0.2) is 5.69 Å². The maximum Gasteiger partial charge on any atom is 0.276 e. The molecule has 1 N–H and O–H groups in total. The van der Waals surface area contributed by atoms with Gasteiger partial charge in [-0.3, -0.25) is 4.79 Å². The van der Waals surface area contributed by atoms with E-state index in [1.165, 1.54) is 6.07 Å². The van der Waals surface area contributed by atoms with Crippen molar-refractivity contribution >= 4 is 11.6 Å². The molecule has 0 atom stereocenters. The fraction of sp³-hybridized carbons (Fsp3) is 0.111. The average Bonchev–Trinajstić information content (AvgIpc) is 2.94. The quantitative estimate of drug-likeness (QED) is 0.798. The minimum Gasteiger partial charge on any atom is -0.320 e. The lowest BCUT2D eigenvalue weighted by atomic mass is 10.2. The smallest absolute Gasteiger partial charge is 0.276 e. The molecule has 4 nitrogen and oxygen atoms in total. The Labute approximate surface area is 133 Å². The third-order valence-electron chi connectivity index (χ3n) is 3.55. The predicted octanol–water partition coefficient (Wildman–Crippen LogP) is 3.88. The maximum absolute atomic E-state index is 13.6. The van der Waals surface area contributed by atoms with E-state index in [9.17, 15) is 9.18 Å². The van der Waals surface area contributed by atoms with Gasteiger partial charge in [0, 0.05) is 11.4 Å². The average molecular weight is 309 g/mol. The number of nitrogens with one attached hydrogen (secondary N) is 1. The molecule has 0 fully saturated rings. The van der Waals surface area contributed by atoms with E-state index in [-0.39, 0.29) is 17.4 Å². The third-order valence-corrected chi connectivity index (χ3v) is 3.55.